The summed E-state index contributed by atoms with van der Waals surface area (Å²) < 4.78 is 11.7. The van der Waals surface area contributed by atoms with Crippen molar-refractivity contribution in [2.45, 2.75) is 38.9 Å². The van der Waals surface area contributed by atoms with Crippen molar-refractivity contribution in [3.63, 3.8) is 0 Å². The van der Waals surface area contributed by atoms with E-state index in [1.54, 1.807) is 12.1 Å². The summed E-state index contributed by atoms with van der Waals surface area (Å²) in [6.45, 7) is 7.97. The van der Waals surface area contributed by atoms with Gasteiger partial charge in [0.1, 0.15) is 5.82 Å². The van der Waals surface area contributed by atoms with Crippen LogP contribution in [0.25, 0.3) is 0 Å². The zero-order valence-electron chi connectivity index (χ0n) is 10.5. The fraction of sp³-hybridized carbons (Fsp3) is 0.545. The highest BCUT2D eigenvalue weighted by atomic mass is 35.5. The van der Waals surface area contributed by atoms with Gasteiger partial charge in [-0.15, -0.1) is 0 Å². The van der Waals surface area contributed by atoms with E-state index in [1.165, 1.54) is 0 Å². The fourth-order valence-corrected chi connectivity index (χ4v) is 1.67. The Hall–Kier alpha value is -0.775. The molecule has 1 aromatic heterocycles. The largest absolute Gasteiger partial charge is 0.514 e. The zero-order chi connectivity index (χ0) is 12.8. The van der Waals surface area contributed by atoms with E-state index in [-0.39, 0.29) is 11.2 Å². The van der Waals surface area contributed by atoms with Crippen LogP contribution in [0.15, 0.2) is 12.1 Å². The van der Waals surface area contributed by atoms with Crippen LogP contribution in [0, 0.1) is 0 Å². The van der Waals surface area contributed by atoms with Gasteiger partial charge in [0.05, 0.1) is 21.8 Å². The summed E-state index contributed by atoms with van der Waals surface area (Å²) >= 11 is 5.83. The van der Waals surface area contributed by atoms with Gasteiger partial charge >= 0.3 is 7.12 Å². The van der Waals surface area contributed by atoms with Gasteiger partial charge in [-0.25, -0.2) is 4.98 Å². The number of halogens is 1. The highest BCUT2D eigenvalue weighted by Gasteiger charge is 2.52. The highest BCUT2D eigenvalue weighted by Crippen LogP contribution is 2.36. The molecule has 6 heteroatoms. The van der Waals surface area contributed by atoms with E-state index in [9.17, 15) is 0 Å². The third-order valence-electron chi connectivity index (χ3n) is 3.39. The van der Waals surface area contributed by atoms with E-state index in [4.69, 9.17) is 26.6 Å². The summed E-state index contributed by atoms with van der Waals surface area (Å²) in [5, 5.41) is 0.435. The lowest BCUT2D eigenvalue weighted by molar-refractivity contribution is 0.00578. The predicted molar refractivity (Wildman–Crippen MR) is 69.4 cm³/mol. The monoisotopic (exact) mass is 254 g/mol. The van der Waals surface area contributed by atoms with Crippen molar-refractivity contribution in [2.75, 3.05) is 5.73 Å². The van der Waals surface area contributed by atoms with Gasteiger partial charge < -0.3 is 15.0 Å². The molecular formula is C11H16BClN2O2. The summed E-state index contributed by atoms with van der Waals surface area (Å²) in [5.41, 5.74) is 5.55. The first kappa shape index (κ1) is 12.7. The van der Waals surface area contributed by atoms with Crippen LogP contribution >= 0.6 is 11.6 Å². The van der Waals surface area contributed by atoms with Gasteiger partial charge in [-0.05, 0) is 39.8 Å². The van der Waals surface area contributed by atoms with Crippen LogP contribution in [-0.2, 0) is 9.31 Å². The Kier molecular flexibility index (Phi) is 2.88. The predicted octanol–water partition coefficient (Wildman–Crippen LogP) is 1.62. The number of anilines is 1. The number of pyridine rings is 1. The van der Waals surface area contributed by atoms with Gasteiger partial charge in [0.2, 0.25) is 0 Å². The Morgan fingerprint density at radius 3 is 2.18 bits per heavy atom. The summed E-state index contributed by atoms with van der Waals surface area (Å²) in [4.78, 5) is 4.18. The fourth-order valence-electron chi connectivity index (χ4n) is 1.57. The normalized spacial score (nSPS) is 21.8. The first-order valence-corrected chi connectivity index (χ1v) is 5.88. The third-order valence-corrected chi connectivity index (χ3v) is 3.71. The SMILES string of the molecule is CC1(C)OB(c2ccc(Cl)c(N)n2)OC1(C)C. The molecule has 0 unspecified atom stereocenters. The Morgan fingerprint density at radius 1 is 1.18 bits per heavy atom. The zero-order valence-corrected chi connectivity index (χ0v) is 11.2. The van der Waals surface area contributed by atoms with Gasteiger partial charge in [-0.3, -0.25) is 0 Å². The van der Waals surface area contributed by atoms with E-state index in [1.807, 2.05) is 27.7 Å². The maximum Gasteiger partial charge on any atom is 0.514 e. The Morgan fingerprint density at radius 2 is 1.71 bits per heavy atom. The lowest BCUT2D eigenvalue weighted by Crippen LogP contribution is -2.41. The summed E-state index contributed by atoms with van der Waals surface area (Å²) in [6, 6.07) is 3.46. The average molecular weight is 255 g/mol. The number of rotatable bonds is 1. The van der Waals surface area contributed by atoms with Crippen LogP contribution < -0.4 is 11.3 Å². The molecule has 0 amide bonds. The maximum atomic E-state index is 5.86. The molecule has 17 heavy (non-hydrogen) atoms. The minimum atomic E-state index is -0.500. The van der Waals surface area contributed by atoms with Crippen molar-refractivity contribution in [3.05, 3.63) is 17.2 Å². The van der Waals surface area contributed by atoms with Crippen molar-refractivity contribution in [3.8, 4) is 0 Å². The van der Waals surface area contributed by atoms with Crippen LogP contribution in [0.4, 0.5) is 5.82 Å². The molecule has 1 aliphatic heterocycles. The van der Waals surface area contributed by atoms with Crippen molar-refractivity contribution >= 4 is 30.1 Å². The van der Waals surface area contributed by atoms with Crippen LogP contribution in [0.1, 0.15) is 27.7 Å². The molecule has 1 aliphatic rings. The molecule has 1 saturated heterocycles. The molecule has 1 fully saturated rings. The molecule has 0 atom stereocenters. The molecule has 2 rings (SSSR count). The van der Waals surface area contributed by atoms with Crippen molar-refractivity contribution in [1.29, 1.82) is 0 Å². The number of aromatic nitrogens is 1. The lowest BCUT2D eigenvalue weighted by atomic mass is 9.84. The molecule has 0 spiro atoms. The molecule has 4 nitrogen and oxygen atoms in total. The summed E-state index contributed by atoms with van der Waals surface area (Å²) in [7, 11) is -0.500. The Bertz CT molecular complexity index is 435. The standard InChI is InChI=1S/C11H16BClN2O2/c1-10(2)11(3,4)17-12(16-10)8-6-5-7(13)9(14)15-8/h5-6H,1-4H3,(H2,14,15). The highest BCUT2D eigenvalue weighted by molar-refractivity contribution is 6.61. The molecule has 0 aromatic carbocycles. The molecule has 92 valence electrons. The van der Waals surface area contributed by atoms with E-state index in [0.717, 1.165) is 0 Å². The topological polar surface area (TPSA) is 57.4 Å². The third kappa shape index (κ3) is 2.15. The van der Waals surface area contributed by atoms with E-state index in [2.05, 4.69) is 4.98 Å². The molecule has 0 aliphatic carbocycles. The quantitative estimate of drug-likeness (QED) is 0.774. The van der Waals surface area contributed by atoms with Crippen molar-refractivity contribution < 1.29 is 9.31 Å². The molecule has 0 bridgehead atoms. The second kappa shape index (κ2) is 3.87. The van der Waals surface area contributed by atoms with Crippen LogP contribution in [-0.4, -0.2) is 23.3 Å². The summed E-state index contributed by atoms with van der Waals surface area (Å²) in [6.07, 6.45) is 0. The van der Waals surface area contributed by atoms with E-state index >= 15 is 0 Å². The molecule has 2 heterocycles. The van der Waals surface area contributed by atoms with Crippen LogP contribution in [0.2, 0.25) is 5.02 Å². The first-order chi connectivity index (χ1) is 7.73. The Balaban J connectivity index is 2.29. The lowest BCUT2D eigenvalue weighted by Gasteiger charge is -2.32. The number of nitrogen functional groups attached to an aromatic ring is 1. The van der Waals surface area contributed by atoms with Crippen LogP contribution in [0.5, 0.6) is 0 Å². The number of nitrogens with two attached hydrogens (primary N) is 1. The molecule has 0 saturated carbocycles. The maximum absolute atomic E-state index is 5.86. The van der Waals surface area contributed by atoms with Gasteiger partial charge in [0.15, 0.2) is 0 Å². The smallest absolute Gasteiger partial charge is 0.398 e. The molecule has 2 N–H and O–H groups in total. The van der Waals surface area contributed by atoms with Crippen molar-refractivity contribution in [1.82, 2.24) is 4.98 Å². The second-order valence-corrected chi connectivity index (χ2v) is 5.60. The first-order valence-electron chi connectivity index (χ1n) is 5.50. The van der Waals surface area contributed by atoms with Gasteiger partial charge in [0, 0.05) is 0 Å². The number of hydrogen-bond acceptors (Lipinski definition) is 4. The molecular weight excluding hydrogens is 238 g/mol. The van der Waals surface area contributed by atoms with Crippen LogP contribution in [0.3, 0.4) is 0 Å². The number of hydrogen-bond donors (Lipinski definition) is 1. The second-order valence-electron chi connectivity index (χ2n) is 5.19. The Labute approximate surface area is 107 Å². The number of nitrogens with zero attached hydrogens (tertiary/aromatic N) is 1. The van der Waals surface area contributed by atoms with Crippen molar-refractivity contribution in [2.24, 2.45) is 0 Å². The minimum Gasteiger partial charge on any atom is -0.398 e. The van der Waals surface area contributed by atoms with E-state index in [0.29, 0.717) is 16.4 Å². The molecule has 1 aromatic rings. The average Bonchev–Trinajstić information content (AvgIpc) is 2.41. The molecule has 0 radical (unpaired) electrons. The van der Waals surface area contributed by atoms with Gasteiger partial charge in [0.25, 0.3) is 0 Å². The summed E-state index contributed by atoms with van der Waals surface area (Å²) in [5.74, 6) is 0.291. The van der Waals surface area contributed by atoms with E-state index < -0.39 is 7.12 Å². The minimum absolute atomic E-state index is 0.291. The van der Waals surface area contributed by atoms with Gasteiger partial charge in [-0.1, -0.05) is 11.6 Å². The van der Waals surface area contributed by atoms with Gasteiger partial charge in [-0.2, -0.15) is 0 Å².